The molecule has 0 unspecified atom stereocenters. The van der Waals surface area contributed by atoms with Crippen LogP contribution >= 0.6 is 0 Å². The molecule has 0 N–H and O–H groups in total. The van der Waals surface area contributed by atoms with E-state index in [1.807, 2.05) is 37.3 Å². The number of nitrogens with zero attached hydrogens (tertiary/aromatic N) is 2. The molecule has 2 atom stereocenters. The smallest absolute Gasteiger partial charge is 0.226 e. The van der Waals surface area contributed by atoms with Crippen molar-refractivity contribution in [2.45, 2.75) is 32.7 Å². The van der Waals surface area contributed by atoms with E-state index in [1.165, 1.54) is 11.1 Å². The first kappa shape index (κ1) is 22.4. The fraction of sp³-hybridized carbons (Fsp3) is 0.300. The predicted octanol–water partition coefficient (Wildman–Crippen LogP) is 6.51. The molecule has 0 saturated carbocycles. The van der Waals surface area contributed by atoms with Crippen molar-refractivity contribution in [2.24, 2.45) is 5.92 Å². The molecule has 0 spiro atoms. The molecule has 1 aliphatic rings. The summed E-state index contributed by atoms with van der Waals surface area (Å²) in [6.07, 6.45) is 0.720. The summed E-state index contributed by atoms with van der Waals surface area (Å²) in [7, 11) is 0. The zero-order valence-corrected chi connectivity index (χ0v) is 20.0. The first-order valence-electron chi connectivity index (χ1n) is 12.2. The molecule has 4 nitrogen and oxygen atoms in total. The first-order chi connectivity index (χ1) is 16.7. The molecule has 1 saturated heterocycles. The largest absolute Gasteiger partial charge is 0.493 e. The maximum Gasteiger partial charge on any atom is 0.226 e. The summed E-state index contributed by atoms with van der Waals surface area (Å²) in [6.45, 7) is 8.17. The summed E-state index contributed by atoms with van der Waals surface area (Å²) in [5.74, 6) is 3.63. The van der Waals surface area contributed by atoms with E-state index < -0.39 is 0 Å². The van der Waals surface area contributed by atoms with Crippen LogP contribution in [-0.2, 0) is 13.0 Å². The van der Waals surface area contributed by atoms with Gasteiger partial charge in [0.15, 0.2) is 0 Å². The zero-order valence-electron chi connectivity index (χ0n) is 20.0. The highest BCUT2D eigenvalue weighted by Crippen LogP contribution is 2.34. The van der Waals surface area contributed by atoms with Gasteiger partial charge in [-0.1, -0.05) is 67.6 Å². The van der Waals surface area contributed by atoms with E-state index in [1.54, 1.807) is 0 Å². The van der Waals surface area contributed by atoms with E-state index in [2.05, 4.69) is 71.4 Å². The standard InChI is InChI=1S/C30H32N2O2/c1-22-19-32(20-24-9-5-3-6-10-24)21-28(22)25-13-15-27(16-14-25)33-18-17-29-23(2)34-30(31-29)26-11-7-4-8-12-26/h3-16,22,28H,17-21H2,1-2H3/t22-,28+/m1/s1. The van der Waals surface area contributed by atoms with Gasteiger partial charge < -0.3 is 9.15 Å². The van der Waals surface area contributed by atoms with Crippen LogP contribution in [0, 0.1) is 12.8 Å². The lowest BCUT2D eigenvalue weighted by Crippen LogP contribution is -2.20. The third kappa shape index (κ3) is 5.23. The summed E-state index contributed by atoms with van der Waals surface area (Å²) in [5.41, 5.74) is 4.73. The number of rotatable bonds is 8. The Morgan fingerprint density at radius 3 is 2.35 bits per heavy atom. The van der Waals surface area contributed by atoms with Crippen LogP contribution < -0.4 is 4.74 Å². The quantitative estimate of drug-likeness (QED) is 0.306. The van der Waals surface area contributed by atoms with E-state index in [0.717, 1.165) is 48.8 Å². The van der Waals surface area contributed by atoms with Crippen LogP contribution in [0.4, 0.5) is 0 Å². The second kappa shape index (κ2) is 10.3. The van der Waals surface area contributed by atoms with Gasteiger partial charge >= 0.3 is 0 Å². The topological polar surface area (TPSA) is 38.5 Å². The van der Waals surface area contributed by atoms with E-state index in [-0.39, 0.29) is 0 Å². The van der Waals surface area contributed by atoms with Crippen molar-refractivity contribution in [1.82, 2.24) is 9.88 Å². The number of oxazole rings is 1. The number of benzene rings is 3. The van der Waals surface area contributed by atoms with Crippen molar-refractivity contribution < 1.29 is 9.15 Å². The fourth-order valence-electron chi connectivity index (χ4n) is 4.91. The molecule has 0 amide bonds. The second-order valence-electron chi connectivity index (χ2n) is 9.32. The van der Waals surface area contributed by atoms with Crippen molar-refractivity contribution in [3.63, 3.8) is 0 Å². The molecule has 0 aliphatic carbocycles. The molecule has 34 heavy (non-hydrogen) atoms. The minimum absolute atomic E-state index is 0.562. The molecular weight excluding hydrogens is 420 g/mol. The lowest BCUT2D eigenvalue weighted by Gasteiger charge is -2.17. The van der Waals surface area contributed by atoms with E-state index >= 15 is 0 Å². The lowest BCUT2D eigenvalue weighted by atomic mass is 9.90. The Bertz CT molecular complexity index is 1190. The van der Waals surface area contributed by atoms with Gasteiger partial charge in [-0.25, -0.2) is 4.98 Å². The Hall–Kier alpha value is -3.37. The van der Waals surface area contributed by atoms with Crippen molar-refractivity contribution in [3.05, 3.63) is 108 Å². The first-order valence-corrected chi connectivity index (χ1v) is 12.2. The van der Waals surface area contributed by atoms with Gasteiger partial charge in [-0.05, 0) is 48.2 Å². The van der Waals surface area contributed by atoms with Gasteiger partial charge in [-0.3, -0.25) is 4.90 Å². The normalized spacial score (nSPS) is 18.3. The summed E-state index contributed by atoms with van der Waals surface area (Å²) in [5, 5.41) is 0. The summed E-state index contributed by atoms with van der Waals surface area (Å²) >= 11 is 0. The van der Waals surface area contributed by atoms with Gasteiger partial charge in [0, 0.05) is 37.5 Å². The molecule has 1 aromatic heterocycles. The molecule has 3 aromatic carbocycles. The van der Waals surface area contributed by atoms with E-state index in [0.29, 0.717) is 24.3 Å². The van der Waals surface area contributed by atoms with Crippen LogP contribution in [-0.4, -0.2) is 29.6 Å². The molecule has 0 bridgehead atoms. The minimum atomic E-state index is 0.562. The summed E-state index contributed by atoms with van der Waals surface area (Å²) in [4.78, 5) is 7.24. The number of hydrogen-bond donors (Lipinski definition) is 0. The summed E-state index contributed by atoms with van der Waals surface area (Å²) < 4.78 is 11.9. The van der Waals surface area contributed by atoms with Crippen LogP contribution in [0.2, 0.25) is 0 Å². The molecule has 4 heteroatoms. The number of aromatic nitrogens is 1. The Kier molecular flexibility index (Phi) is 6.77. The van der Waals surface area contributed by atoms with Crippen molar-refractivity contribution in [3.8, 4) is 17.2 Å². The fourth-order valence-corrected chi connectivity index (χ4v) is 4.91. The molecule has 2 heterocycles. The second-order valence-corrected chi connectivity index (χ2v) is 9.32. The van der Waals surface area contributed by atoms with Gasteiger partial charge in [0.1, 0.15) is 11.5 Å². The number of hydrogen-bond acceptors (Lipinski definition) is 4. The Labute approximate surface area is 202 Å². The number of aryl methyl sites for hydroxylation is 1. The maximum absolute atomic E-state index is 6.03. The molecule has 1 fully saturated rings. The van der Waals surface area contributed by atoms with Gasteiger partial charge in [0.2, 0.25) is 5.89 Å². The van der Waals surface area contributed by atoms with E-state index in [4.69, 9.17) is 9.15 Å². The van der Waals surface area contributed by atoms with Crippen LogP contribution in [0.15, 0.2) is 89.3 Å². The van der Waals surface area contributed by atoms with Crippen LogP contribution in [0.1, 0.15) is 35.4 Å². The van der Waals surface area contributed by atoms with Crippen LogP contribution in [0.5, 0.6) is 5.75 Å². The third-order valence-electron chi connectivity index (χ3n) is 6.77. The van der Waals surface area contributed by atoms with E-state index in [9.17, 15) is 0 Å². The van der Waals surface area contributed by atoms with Gasteiger partial charge in [0.05, 0.1) is 12.3 Å². The number of ether oxygens (including phenoxy) is 1. The number of likely N-dealkylation sites (tertiary alicyclic amines) is 1. The van der Waals surface area contributed by atoms with Crippen LogP contribution in [0.25, 0.3) is 11.5 Å². The maximum atomic E-state index is 6.03. The molecule has 0 radical (unpaired) electrons. The minimum Gasteiger partial charge on any atom is -0.493 e. The molecule has 4 aromatic rings. The average Bonchev–Trinajstić information content (AvgIpc) is 3.42. The molecule has 1 aliphatic heterocycles. The lowest BCUT2D eigenvalue weighted by molar-refractivity contribution is 0.318. The molecular formula is C30H32N2O2. The SMILES string of the molecule is Cc1oc(-c2ccccc2)nc1CCOc1ccc([C@H]2CN(Cc3ccccc3)C[C@H]2C)cc1. The van der Waals surface area contributed by atoms with Crippen molar-refractivity contribution >= 4 is 0 Å². The highest BCUT2D eigenvalue weighted by molar-refractivity contribution is 5.53. The Morgan fingerprint density at radius 1 is 0.912 bits per heavy atom. The molecule has 5 rings (SSSR count). The van der Waals surface area contributed by atoms with Crippen molar-refractivity contribution in [1.29, 1.82) is 0 Å². The van der Waals surface area contributed by atoms with Gasteiger partial charge in [-0.15, -0.1) is 0 Å². The van der Waals surface area contributed by atoms with Crippen LogP contribution in [0.3, 0.4) is 0 Å². The highest BCUT2D eigenvalue weighted by atomic mass is 16.5. The predicted molar refractivity (Wildman–Crippen MR) is 136 cm³/mol. The third-order valence-corrected chi connectivity index (χ3v) is 6.77. The highest BCUT2D eigenvalue weighted by Gasteiger charge is 2.30. The monoisotopic (exact) mass is 452 g/mol. The van der Waals surface area contributed by atoms with Gasteiger partial charge in [0.25, 0.3) is 0 Å². The average molecular weight is 453 g/mol. The molecule has 174 valence electrons. The van der Waals surface area contributed by atoms with Gasteiger partial charge in [-0.2, -0.15) is 0 Å². The van der Waals surface area contributed by atoms with Crippen molar-refractivity contribution in [2.75, 3.05) is 19.7 Å². The summed E-state index contributed by atoms with van der Waals surface area (Å²) in [6, 6.07) is 29.4. The Morgan fingerprint density at radius 2 is 1.62 bits per heavy atom. The Balaban J connectivity index is 1.14. The zero-order chi connectivity index (χ0) is 23.3.